The molecular formula is C21H30O6. The lowest BCUT2D eigenvalue weighted by Gasteiger charge is -2.22. The molecule has 0 N–H and O–H groups in total. The van der Waals surface area contributed by atoms with Gasteiger partial charge in [-0.3, -0.25) is 4.79 Å². The van der Waals surface area contributed by atoms with Crippen LogP contribution in [0.2, 0.25) is 0 Å². The SMILES string of the molecule is CCOC(=O)C(Oc1ccc(CCCCOC2CCCCO2)cc1)C(C)=O. The molecule has 0 aliphatic carbocycles. The van der Waals surface area contributed by atoms with Gasteiger partial charge in [0.25, 0.3) is 6.10 Å². The van der Waals surface area contributed by atoms with E-state index >= 15 is 0 Å². The van der Waals surface area contributed by atoms with E-state index < -0.39 is 12.1 Å². The summed E-state index contributed by atoms with van der Waals surface area (Å²) >= 11 is 0. The Balaban J connectivity index is 1.70. The average Bonchev–Trinajstić information content (AvgIpc) is 2.67. The molecule has 1 aliphatic heterocycles. The number of carbonyl (C=O) groups excluding carboxylic acids is 2. The molecule has 1 fully saturated rings. The molecular weight excluding hydrogens is 348 g/mol. The Labute approximate surface area is 161 Å². The van der Waals surface area contributed by atoms with E-state index in [0.29, 0.717) is 12.4 Å². The number of unbranched alkanes of at least 4 members (excludes halogenated alkanes) is 1. The van der Waals surface area contributed by atoms with Crippen LogP contribution in [0, 0.1) is 0 Å². The monoisotopic (exact) mass is 378 g/mol. The highest BCUT2D eigenvalue weighted by molar-refractivity contribution is 6.01. The Morgan fingerprint density at radius 1 is 1.19 bits per heavy atom. The van der Waals surface area contributed by atoms with Gasteiger partial charge in [-0.25, -0.2) is 4.79 Å². The van der Waals surface area contributed by atoms with Crippen molar-refractivity contribution in [3.05, 3.63) is 29.8 Å². The minimum absolute atomic E-state index is 0.0243. The van der Waals surface area contributed by atoms with E-state index in [9.17, 15) is 9.59 Å². The van der Waals surface area contributed by atoms with Crippen molar-refractivity contribution in [3.8, 4) is 5.75 Å². The zero-order valence-corrected chi connectivity index (χ0v) is 16.3. The summed E-state index contributed by atoms with van der Waals surface area (Å²) in [5.74, 6) is -0.555. The third-order valence-corrected chi connectivity index (χ3v) is 4.35. The zero-order valence-electron chi connectivity index (χ0n) is 16.3. The van der Waals surface area contributed by atoms with Crippen LogP contribution < -0.4 is 4.74 Å². The van der Waals surface area contributed by atoms with Crippen LogP contribution in [0.5, 0.6) is 5.75 Å². The fourth-order valence-electron chi connectivity index (χ4n) is 2.87. The van der Waals surface area contributed by atoms with Crippen molar-refractivity contribution >= 4 is 11.8 Å². The first-order valence-electron chi connectivity index (χ1n) is 9.76. The van der Waals surface area contributed by atoms with Gasteiger partial charge in [-0.1, -0.05) is 12.1 Å². The summed E-state index contributed by atoms with van der Waals surface area (Å²) in [6, 6.07) is 7.44. The predicted octanol–water partition coefficient (Wildman–Crippen LogP) is 3.45. The maximum atomic E-state index is 11.8. The molecule has 0 saturated carbocycles. The number of aryl methyl sites for hydroxylation is 1. The van der Waals surface area contributed by atoms with E-state index in [0.717, 1.165) is 38.7 Å². The molecule has 0 spiro atoms. The molecule has 1 aliphatic rings. The molecule has 2 atom stereocenters. The van der Waals surface area contributed by atoms with Crippen LogP contribution in [0.1, 0.15) is 51.5 Å². The number of esters is 1. The Bertz CT molecular complexity index is 577. The molecule has 6 heteroatoms. The molecule has 0 amide bonds. The van der Waals surface area contributed by atoms with Gasteiger partial charge in [-0.2, -0.15) is 0 Å². The summed E-state index contributed by atoms with van der Waals surface area (Å²) in [7, 11) is 0. The number of ketones is 1. The van der Waals surface area contributed by atoms with Crippen molar-refractivity contribution < 1.29 is 28.5 Å². The Morgan fingerprint density at radius 3 is 2.59 bits per heavy atom. The van der Waals surface area contributed by atoms with Gasteiger partial charge in [0.05, 0.1) is 6.61 Å². The highest BCUT2D eigenvalue weighted by Crippen LogP contribution is 2.17. The Hall–Kier alpha value is -1.92. The number of hydrogen-bond acceptors (Lipinski definition) is 6. The lowest BCUT2D eigenvalue weighted by atomic mass is 10.1. The van der Waals surface area contributed by atoms with Crippen molar-refractivity contribution in [2.75, 3.05) is 19.8 Å². The van der Waals surface area contributed by atoms with E-state index in [-0.39, 0.29) is 18.7 Å². The van der Waals surface area contributed by atoms with Gasteiger partial charge in [-0.15, -0.1) is 0 Å². The molecule has 1 heterocycles. The lowest BCUT2D eigenvalue weighted by Crippen LogP contribution is -2.35. The number of rotatable bonds is 11. The Morgan fingerprint density at radius 2 is 1.96 bits per heavy atom. The number of carbonyl (C=O) groups is 2. The van der Waals surface area contributed by atoms with Gasteiger partial charge < -0.3 is 18.9 Å². The molecule has 2 rings (SSSR count). The van der Waals surface area contributed by atoms with Crippen LogP contribution in [-0.2, 0) is 30.2 Å². The first kappa shape index (κ1) is 21.4. The van der Waals surface area contributed by atoms with Crippen LogP contribution in [0.25, 0.3) is 0 Å². The van der Waals surface area contributed by atoms with E-state index in [4.69, 9.17) is 18.9 Å². The smallest absolute Gasteiger partial charge is 0.355 e. The highest BCUT2D eigenvalue weighted by Gasteiger charge is 2.26. The first-order chi connectivity index (χ1) is 13.1. The fourth-order valence-corrected chi connectivity index (χ4v) is 2.87. The van der Waals surface area contributed by atoms with E-state index in [1.54, 1.807) is 19.1 Å². The maximum absolute atomic E-state index is 11.8. The normalized spacial score (nSPS) is 17.9. The number of Topliss-reactive ketones (excluding diaryl/α,β-unsaturated/α-hetero) is 1. The maximum Gasteiger partial charge on any atom is 0.355 e. The summed E-state index contributed by atoms with van der Waals surface area (Å²) in [4.78, 5) is 23.4. The second-order valence-electron chi connectivity index (χ2n) is 6.63. The van der Waals surface area contributed by atoms with Gasteiger partial charge in [0, 0.05) is 13.2 Å². The largest absolute Gasteiger partial charge is 0.471 e. The van der Waals surface area contributed by atoms with Crippen LogP contribution in [0.15, 0.2) is 24.3 Å². The van der Waals surface area contributed by atoms with Gasteiger partial charge in [-0.05, 0) is 70.1 Å². The Kier molecular flexibility index (Phi) is 9.28. The molecule has 27 heavy (non-hydrogen) atoms. The topological polar surface area (TPSA) is 71.1 Å². The van der Waals surface area contributed by atoms with Crippen LogP contribution >= 0.6 is 0 Å². The molecule has 6 nitrogen and oxygen atoms in total. The molecule has 1 saturated heterocycles. The van der Waals surface area contributed by atoms with Crippen LogP contribution in [0.3, 0.4) is 0 Å². The minimum atomic E-state index is -1.21. The molecule has 0 aromatic heterocycles. The molecule has 1 aromatic rings. The number of ether oxygens (including phenoxy) is 4. The van der Waals surface area contributed by atoms with Crippen LogP contribution in [0.4, 0.5) is 0 Å². The second-order valence-corrected chi connectivity index (χ2v) is 6.63. The summed E-state index contributed by atoms with van der Waals surface area (Å²) in [6.07, 6.45) is 5.00. The molecule has 2 unspecified atom stereocenters. The predicted molar refractivity (Wildman–Crippen MR) is 101 cm³/mol. The van der Waals surface area contributed by atoms with Crippen molar-refractivity contribution in [1.82, 2.24) is 0 Å². The third kappa shape index (κ3) is 7.69. The summed E-state index contributed by atoms with van der Waals surface area (Å²) < 4.78 is 21.6. The van der Waals surface area contributed by atoms with Gasteiger partial charge in [0.2, 0.25) is 0 Å². The second kappa shape index (κ2) is 11.7. The zero-order chi connectivity index (χ0) is 19.5. The van der Waals surface area contributed by atoms with Crippen molar-refractivity contribution in [1.29, 1.82) is 0 Å². The minimum Gasteiger partial charge on any atom is -0.471 e. The van der Waals surface area contributed by atoms with Crippen molar-refractivity contribution in [3.63, 3.8) is 0 Å². The van der Waals surface area contributed by atoms with Crippen LogP contribution in [-0.4, -0.2) is 44.0 Å². The van der Waals surface area contributed by atoms with E-state index in [2.05, 4.69) is 0 Å². The number of benzene rings is 1. The van der Waals surface area contributed by atoms with Crippen molar-refractivity contribution in [2.24, 2.45) is 0 Å². The molecule has 150 valence electrons. The first-order valence-corrected chi connectivity index (χ1v) is 9.76. The quantitative estimate of drug-likeness (QED) is 0.334. The highest BCUT2D eigenvalue weighted by atomic mass is 16.7. The van der Waals surface area contributed by atoms with E-state index in [1.165, 1.54) is 18.9 Å². The summed E-state index contributed by atoms with van der Waals surface area (Å²) in [6.45, 7) is 4.74. The summed E-state index contributed by atoms with van der Waals surface area (Å²) in [5, 5.41) is 0. The van der Waals surface area contributed by atoms with Crippen molar-refractivity contribution in [2.45, 2.75) is 64.8 Å². The fraction of sp³-hybridized carbons (Fsp3) is 0.619. The van der Waals surface area contributed by atoms with Gasteiger partial charge >= 0.3 is 5.97 Å². The third-order valence-electron chi connectivity index (χ3n) is 4.35. The molecule has 0 radical (unpaired) electrons. The van der Waals surface area contributed by atoms with Gasteiger partial charge in [0.1, 0.15) is 5.75 Å². The standard InChI is InChI=1S/C21H30O6/c1-3-24-21(23)20(16(2)22)27-18-12-10-17(11-13-18)8-4-6-14-25-19-9-5-7-15-26-19/h10-13,19-20H,3-9,14-15H2,1-2H3. The molecule has 0 bridgehead atoms. The number of hydrogen-bond donors (Lipinski definition) is 0. The lowest BCUT2D eigenvalue weighted by molar-refractivity contribution is -0.162. The average molecular weight is 378 g/mol. The van der Waals surface area contributed by atoms with Gasteiger partial charge in [0.15, 0.2) is 12.1 Å². The summed E-state index contributed by atoms with van der Waals surface area (Å²) in [5.41, 5.74) is 1.17. The van der Waals surface area contributed by atoms with E-state index in [1.807, 2.05) is 12.1 Å². The molecule has 1 aromatic carbocycles.